The summed E-state index contributed by atoms with van der Waals surface area (Å²) in [5.74, 6) is -0.233. The summed E-state index contributed by atoms with van der Waals surface area (Å²) in [6.45, 7) is 2.36. The lowest BCUT2D eigenvalue weighted by molar-refractivity contribution is 0.0277. The average molecular weight is 424 g/mol. The van der Waals surface area contributed by atoms with Crippen LogP contribution in [0.4, 0.5) is 5.69 Å². The van der Waals surface area contributed by atoms with Gasteiger partial charge < -0.3 is 15.4 Å². The number of hydrogen-bond donors (Lipinski definition) is 2. The Hall–Kier alpha value is -3.18. The quantitative estimate of drug-likeness (QED) is 0.671. The molecule has 1 saturated heterocycles. The molecule has 2 N–H and O–H groups in total. The van der Waals surface area contributed by atoms with Crippen LogP contribution in [0.5, 0.6) is 0 Å². The van der Waals surface area contributed by atoms with E-state index in [9.17, 15) is 4.79 Å². The third kappa shape index (κ3) is 4.69. The number of nitrogens with one attached hydrogen (secondary N) is 2. The van der Waals surface area contributed by atoms with E-state index >= 15 is 0 Å². The minimum atomic E-state index is -0.233. The SMILES string of the molecule is Cl.Cn1nc(-c2ccc(C#N)cc2)cc1C(=O)Nc1ccc(C2CNCCO2)cc1. The summed E-state index contributed by atoms with van der Waals surface area (Å²) in [5, 5.41) is 19.6. The highest BCUT2D eigenvalue weighted by Crippen LogP contribution is 2.22. The highest BCUT2D eigenvalue weighted by Gasteiger charge is 2.17. The van der Waals surface area contributed by atoms with Crippen molar-refractivity contribution in [3.05, 3.63) is 71.4 Å². The first-order valence-electron chi connectivity index (χ1n) is 9.42. The van der Waals surface area contributed by atoms with E-state index in [1.54, 1.807) is 29.9 Å². The van der Waals surface area contributed by atoms with E-state index in [0.29, 0.717) is 29.2 Å². The standard InChI is InChI=1S/C22H21N5O2.ClH/c1-27-20(12-19(26-27)16-4-2-15(13-23)3-5-16)22(28)25-18-8-6-17(7-9-18)21-14-24-10-11-29-21;/h2-9,12,21,24H,10-11,14H2,1H3,(H,25,28);1H. The summed E-state index contributed by atoms with van der Waals surface area (Å²) < 4.78 is 7.30. The second kappa shape index (κ2) is 9.55. The van der Waals surface area contributed by atoms with Crippen LogP contribution in [0.3, 0.4) is 0 Å². The van der Waals surface area contributed by atoms with Gasteiger partial charge >= 0.3 is 0 Å². The van der Waals surface area contributed by atoms with E-state index in [4.69, 9.17) is 10.00 Å². The lowest BCUT2D eigenvalue weighted by atomic mass is 10.1. The van der Waals surface area contributed by atoms with Crippen molar-refractivity contribution >= 4 is 24.0 Å². The molecule has 2 heterocycles. The van der Waals surface area contributed by atoms with Gasteiger partial charge in [-0.1, -0.05) is 24.3 Å². The highest BCUT2D eigenvalue weighted by molar-refractivity contribution is 6.03. The second-order valence-electron chi connectivity index (χ2n) is 6.87. The van der Waals surface area contributed by atoms with Crippen LogP contribution in [0.2, 0.25) is 0 Å². The van der Waals surface area contributed by atoms with Gasteiger partial charge in [0, 0.05) is 31.4 Å². The smallest absolute Gasteiger partial charge is 0.273 e. The number of ether oxygens (including phenoxy) is 1. The van der Waals surface area contributed by atoms with Gasteiger partial charge in [0.15, 0.2) is 0 Å². The van der Waals surface area contributed by atoms with E-state index in [0.717, 1.165) is 24.2 Å². The molecule has 0 bridgehead atoms. The van der Waals surface area contributed by atoms with Gasteiger partial charge in [0.2, 0.25) is 0 Å². The molecule has 1 aromatic heterocycles. The number of carbonyl (C=O) groups is 1. The molecule has 8 heteroatoms. The van der Waals surface area contributed by atoms with Crippen molar-refractivity contribution in [2.24, 2.45) is 7.05 Å². The van der Waals surface area contributed by atoms with E-state index in [-0.39, 0.29) is 24.4 Å². The van der Waals surface area contributed by atoms with Crippen molar-refractivity contribution in [1.29, 1.82) is 5.26 Å². The first-order valence-corrected chi connectivity index (χ1v) is 9.42. The fraction of sp³-hybridized carbons (Fsp3) is 0.227. The maximum atomic E-state index is 12.7. The molecule has 1 fully saturated rings. The zero-order chi connectivity index (χ0) is 20.2. The molecule has 0 spiro atoms. The lowest BCUT2D eigenvalue weighted by Gasteiger charge is -2.24. The Bertz CT molecular complexity index is 1050. The Labute approximate surface area is 181 Å². The zero-order valence-electron chi connectivity index (χ0n) is 16.5. The van der Waals surface area contributed by atoms with Crippen LogP contribution in [0.15, 0.2) is 54.6 Å². The van der Waals surface area contributed by atoms with Crippen LogP contribution in [0.1, 0.15) is 27.7 Å². The molecular formula is C22H22ClN5O2. The predicted octanol–water partition coefficient (Wildman–Crippen LogP) is 3.29. The molecule has 1 aliphatic rings. The van der Waals surface area contributed by atoms with Gasteiger partial charge in [0.1, 0.15) is 5.69 Å². The Morgan fingerprint density at radius 2 is 1.97 bits per heavy atom. The maximum Gasteiger partial charge on any atom is 0.273 e. The van der Waals surface area contributed by atoms with E-state index in [1.165, 1.54) is 0 Å². The number of nitriles is 1. The molecular weight excluding hydrogens is 402 g/mol. The summed E-state index contributed by atoms with van der Waals surface area (Å²) in [5.41, 5.74) is 4.36. The van der Waals surface area contributed by atoms with Gasteiger partial charge in [-0.3, -0.25) is 9.48 Å². The lowest BCUT2D eigenvalue weighted by Crippen LogP contribution is -2.33. The van der Waals surface area contributed by atoms with E-state index < -0.39 is 0 Å². The number of hydrogen-bond acceptors (Lipinski definition) is 5. The normalized spacial score (nSPS) is 15.7. The number of nitrogens with zero attached hydrogens (tertiary/aromatic N) is 3. The molecule has 154 valence electrons. The van der Waals surface area contributed by atoms with Crippen LogP contribution < -0.4 is 10.6 Å². The summed E-state index contributed by atoms with van der Waals surface area (Å²) in [6, 6.07) is 18.6. The van der Waals surface area contributed by atoms with Crippen molar-refractivity contribution in [2.45, 2.75) is 6.10 Å². The second-order valence-corrected chi connectivity index (χ2v) is 6.87. The number of morpholine rings is 1. The molecule has 0 aliphatic carbocycles. The number of benzene rings is 2. The molecule has 0 saturated carbocycles. The van der Waals surface area contributed by atoms with Gasteiger partial charge in [-0.15, -0.1) is 12.4 Å². The largest absolute Gasteiger partial charge is 0.371 e. The Morgan fingerprint density at radius 3 is 2.60 bits per heavy atom. The van der Waals surface area contributed by atoms with Crippen molar-refractivity contribution < 1.29 is 9.53 Å². The first kappa shape index (κ1) is 21.5. The minimum absolute atomic E-state index is 0. The number of halogens is 1. The fourth-order valence-corrected chi connectivity index (χ4v) is 3.29. The number of rotatable bonds is 4. The van der Waals surface area contributed by atoms with Crippen LogP contribution in [0, 0.1) is 11.3 Å². The number of anilines is 1. The van der Waals surface area contributed by atoms with E-state index in [2.05, 4.69) is 21.8 Å². The molecule has 4 rings (SSSR count). The monoisotopic (exact) mass is 423 g/mol. The molecule has 0 radical (unpaired) electrons. The summed E-state index contributed by atoms with van der Waals surface area (Å²) in [4.78, 5) is 12.7. The van der Waals surface area contributed by atoms with Gasteiger partial charge in [-0.05, 0) is 35.9 Å². The van der Waals surface area contributed by atoms with Crippen LogP contribution in [0.25, 0.3) is 11.3 Å². The molecule has 30 heavy (non-hydrogen) atoms. The predicted molar refractivity (Wildman–Crippen MR) is 117 cm³/mol. The van der Waals surface area contributed by atoms with Crippen molar-refractivity contribution in [2.75, 3.05) is 25.0 Å². The third-order valence-electron chi connectivity index (χ3n) is 4.89. The van der Waals surface area contributed by atoms with Crippen molar-refractivity contribution in [3.63, 3.8) is 0 Å². The molecule has 1 amide bonds. The molecule has 1 aliphatic heterocycles. The summed E-state index contributed by atoms with van der Waals surface area (Å²) in [7, 11) is 1.73. The number of aromatic nitrogens is 2. The van der Waals surface area contributed by atoms with Gasteiger partial charge in [0.05, 0.1) is 30.0 Å². The third-order valence-corrected chi connectivity index (χ3v) is 4.89. The van der Waals surface area contributed by atoms with Gasteiger partial charge in [0.25, 0.3) is 5.91 Å². The van der Waals surface area contributed by atoms with Crippen LogP contribution >= 0.6 is 12.4 Å². The topological polar surface area (TPSA) is 92.0 Å². The van der Waals surface area contributed by atoms with Gasteiger partial charge in [-0.2, -0.15) is 10.4 Å². The van der Waals surface area contributed by atoms with E-state index in [1.807, 2.05) is 36.4 Å². The number of carbonyl (C=O) groups excluding carboxylic acids is 1. The summed E-state index contributed by atoms with van der Waals surface area (Å²) >= 11 is 0. The Kier molecular flexibility index (Phi) is 6.85. The number of amides is 1. The zero-order valence-corrected chi connectivity index (χ0v) is 17.3. The Morgan fingerprint density at radius 1 is 1.23 bits per heavy atom. The molecule has 1 atom stereocenters. The van der Waals surface area contributed by atoms with Gasteiger partial charge in [-0.25, -0.2) is 0 Å². The molecule has 2 aromatic carbocycles. The molecule has 3 aromatic rings. The van der Waals surface area contributed by atoms with Crippen molar-refractivity contribution in [1.82, 2.24) is 15.1 Å². The summed E-state index contributed by atoms with van der Waals surface area (Å²) in [6.07, 6.45) is 0.0422. The molecule has 7 nitrogen and oxygen atoms in total. The Balaban J connectivity index is 0.00000256. The first-order chi connectivity index (χ1) is 14.1. The highest BCUT2D eigenvalue weighted by atomic mass is 35.5. The average Bonchev–Trinajstić information content (AvgIpc) is 3.17. The maximum absolute atomic E-state index is 12.7. The van der Waals surface area contributed by atoms with Crippen LogP contribution in [-0.2, 0) is 11.8 Å². The number of aryl methyl sites for hydroxylation is 1. The fourth-order valence-electron chi connectivity index (χ4n) is 3.29. The minimum Gasteiger partial charge on any atom is -0.371 e. The molecule has 1 unspecified atom stereocenters. The van der Waals surface area contributed by atoms with Crippen molar-refractivity contribution in [3.8, 4) is 17.3 Å². The van der Waals surface area contributed by atoms with Crippen LogP contribution in [-0.4, -0.2) is 35.4 Å².